The molecule has 0 amide bonds. The summed E-state index contributed by atoms with van der Waals surface area (Å²) in [6, 6.07) is 0. The Balaban J connectivity index is 1.43. The van der Waals surface area contributed by atoms with Gasteiger partial charge in [0, 0.05) is 6.10 Å². The predicted molar refractivity (Wildman–Crippen MR) is 124 cm³/mol. The summed E-state index contributed by atoms with van der Waals surface area (Å²) in [4.78, 5) is 0. The van der Waals surface area contributed by atoms with E-state index in [1.54, 1.807) is 0 Å². The van der Waals surface area contributed by atoms with Crippen molar-refractivity contribution in [1.29, 1.82) is 0 Å². The molecule has 8 atom stereocenters. The zero-order valence-electron chi connectivity index (χ0n) is 19.7. The Hall–Kier alpha value is 0.354. The van der Waals surface area contributed by atoms with Crippen molar-refractivity contribution in [3.05, 3.63) is 0 Å². The monoisotopic (exact) mass is 422 g/mol. The zero-order valence-corrected chi connectivity index (χ0v) is 21.7. The number of fused-ring (bicyclic) bond motifs is 5. The van der Waals surface area contributed by atoms with Crippen molar-refractivity contribution in [3.63, 3.8) is 0 Å². The molecule has 162 valence electrons. The molecule has 4 aliphatic rings. The maximum atomic E-state index is 6.74. The fourth-order valence-electron chi connectivity index (χ4n) is 7.99. The first kappa shape index (κ1) is 21.6. The largest absolute Gasteiger partial charge is 0.415 e. The summed E-state index contributed by atoms with van der Waals surface area (Å²) in [5.74, 6) is 4.89. The summed E-state index contributed by atoms with van der Waals surface area (Å²) in [5.41, 5.74) is 0.465. The molecule has 4 saturated carbocycles. The van der Waals surface area contributed by atoms with Crippen LogP contribution in [-0.4, -0.2) is 28.8 Å². The van der Waals surface area contributed by atoms with E-state index < -0.39 is 16.6 Å². The summed E-state index contributed by atoms with van der Waals surface area (Å²) in [6.45, 7) is 16.8. The maximum absolute atomic E-state index is 6.74. The molecule has 0 radical (unpaired) electrons. The highest BCUT2D eigenvalue weighted by atomic mass is 28.4. The van der Waals surface area contributed by atoms with Gasteiger partial charge in [-0.3, -0.25) is 0 Å². The van der Waals surface area contributed by atoms with Crippen molar-refractivity contribution in [2.75, 3.05) is 0 Å². The molecule has 5 unspecified atom stereocenters. The maximum Gasteiger partial charge on any atom is 0.184 e. The van der Waals surface area contributed by atoms with E-state index in [0.29, 0.717) is 17.6 Å². The number of hydrogen-bond donors (Lipinski definition) is 0. The predicted octanol–water partition coefficient (Wildman–Crippen LogP) is 7.08. The summed E-state index contributed by atoms with van der Waals surface area (Å²) in [5, 5.41) is 0. The first-order valence-electron chi connectivity index (χ1n) is 12.3. The lowest BCUT2D eigenvalue weighted by molar-refractivity contribution is -0.0867. The van der Waals surface area contributed by atoms with Crippen molar-refractivity contribution in [2.45, 2.75) is 116 Å². The van der Waals surface area contributed by atoms with Crippen molar-refractivity contribution < 1.29 is 8.85 Å². The van der Waals surface area contributed by atoms with Crippen molar-refractivity contribution in [1.82, 2.24) is 0 Å². The average Bonchev–Trinajstić information content (AvgIpc) is 2.88. The normalized spacial score (nSPS) is 46.6. The summed E-state index contributed by atoms with van der Waals surface area (Å²) in [6.07, 6.45) is 13.9. The van der Waals surface area contributed by atoms with Crippen LogP contribution in [0.2, 0.25) is 39.3 Å². The van der Waals surface area contributed by atoms with E-state index in [2.05, 4.69) is 46.2 Å². The molecule has 0 aromatic carbocycles. The molecular formula is C24H46O2Si2. The Kier molecular flexibility index (Phi) is 5.77. The SMILES string of the molecule is CC12CCC3C(CC[C@@H]4C[C@@H](O[Si](C)(C)C)CCC34)C1CC[C@@H]2O[Si](C)(C)C. The van der Waals surface area contributed by atoms with Crippen LogP contribution in [0.25, 0.3) is 0 Å². The van der Waals surface area contributed by atoms with Crippen molar-refractivity contribution in [2.24, 2.45) is 35.0 Å². The van der Waals surface area contributed by atoms with Gasteiger partial charge in [-0.05, 0) is 132 Å². The van der Waals surface area contributed by atoms with Gasteiger partial charge in [-0.15, -0.1) is 0 Å². The van der Waals surface area contributed by atoms with Crippen LogP contribution in [0.4, 0.5) is 0 Å². The first-order valence-corrected chi connectivity index (χ1v) is 19.1. The van der Waals surface area contributed by atoms with Gasteiger partial charge in [0.25, 0.3) is 0 Å². The minimum atomic E-state index is -1.46. The topological polar surface area (TPSA) is 18.5 Å². The van der Waals surface area contributed by atoms with E-state index in [4.69, 9.17) is 8.85 Å². The lowest BCUT2D eigenvalue weighted by atomic mass is 9.50. The van der Waals surface area contributed by atoms with Crippen LogP contribution >= 0.6 is 0 Å². The number of rotatable bonds is 4. The third-order valence-electron chi connectivity index (χ3n) is 8.84. The molecule has 0 spiro atoms. The molecule has 0 heterocycles. The number of hydrogen-bond acceptors (Lipinski definition) is 2. The van der Waals surface area contributed by atoms with E-state index in [1.807, 2.05) is 0 Å². The molecular weight excluding hydrogens is 376 g/mol. The fourth-order valence-corrected chi connectivity index (χ4v) is 10.4. The lowest BCUT2D eigenvalue weighted by Crippen LogP contribution is -2.51. The molecule has 4 heteroatoms. The Morgan fingerprint density at radius 2 is 1.36 bits per heavy atom. The van der Waals surface area contributed by atoms with Gasteiger partial charge in [0.1, 0.15) is 0 Å². The van der Waals surface area contributed by atoms with E-state index >= 15 is 0 Å². The minimum Gasteiger partial charge on any atom is -0.415 e. The second-order valence-electron chi connectivity index (χ2n) is 12.9. The highest BCUT2D eigenvalue weighted by Gasteiger charge is 2.57. The Bertz CT molecular complexity index is 566. The quantitative estimate of drug-likeness (QED) is 0.451. The van der Waals surface area contributed by atoms with E-state index in [9.17, 15) is 0 Å². The van der Waals surface area contributed by atoms with Gasteiger partial charge >= 0.3 is 0 Å². The third-order valence-corrected chi connectivity index (χ3v) is 10.9. The van der Waals surface area contributed by atoms with Gasteiger partial charge in [0.15, 0.2) is 16.6 Å². The van der Waals surface area contributed by atoms with Crippen molar-refractivity contribution >= 4 is 16.6 Å². The molecule has 28 heavy (non-hydrogen) atoms. The van der Waals surface area contributed by atoms with Gasteiger partial charge < -0.3 is 8.85 Å². The average molecular weight is 423 g/mol. The van der Waals surface area contributed by atoms with Crippen LogP contribution in [0.3, 0.4) is 0 Å². The van der Waals surface area contributed by atoms with Gasteiger partial charge in [-0.2, -0.15) is 0 Å². The van der Waals surface area contributed by atoms with Gasteiger partial charge in [0.2, 0.25) is 0 Å². The molecule has 0 aromatic rings. The second kappa shape index (κ2) is 7.49. The molecule has 4 fully saturated rings. The van der Waals surface area contributed by atoms with E-state index in [-0.39, 0.29) is 0 Å². The van der Waals surface area contributed by atoms with Crippen LogP contribution in [-0.2, 0) is 8.85 Å². The van der Waals surface area contributed by atoms with Crippen LogP contribution in [0.5, 0.6) is 0 Å². The van der Waals surface area contributed by atoms with Crippen LogP contribution in [0.15, 0.2) is 0 Å². The molecule has 2 nitrogen and oxygen atoms in total. The van der Waals surface area contributed by atoms with Crippen molar-refractivity contribution in [3.8, 4) is 0 Å². The minimum absolute atomic E-state index is 0.465. The molecule has 0 aliphatic heterocycles. The van der Waals surface area contributed by atoms with Gasteiger partial charge in [0.05, 0.1) is 6.10 Å². The standard InChI is InChI=1S/C24H46O2Si2/c1-24-15-14-20-19-11-9-18(25-27(2,3)4)16-17(19)8-10-21(20)22(24)12-13-23(24)26-28(5,6)7/h17-23H,8-16H2,1-7H3/t17-,18+,19?,20?,21?,22?,23+,24?/m1/s1. The molecule has 0 aromatic heterocycles. The zero-order chi connectivity index (χ0) is 20.3. The summed E-state index contributed by atoms with van der Waals surface area (Å²) >= 11 is 0. The molecule has 0 saturated heterocycles. The molecule has 0 bridgehead atoms. The fraction of sp³-hybridized carbons (Fsp3) is 1.00. The Labute approximate surface area is 176 Å². The summed E-state index contributed by atoms with van der Waals surface area (Å²) in [7, 11) is -2.86. The third kappa shape index (κ3) is 4.22. The van der Waals surface area contributed by atoms with Crippen LogP contribution in [0.1, 0.15) is 64.7 Å². The van der Waals surface area contributed by atoms with Gasteiger partial charge in [-0.25, -0.2) is 0 Å². The molecule has 0 N–H and O–H groups in total. The van der Waals surface area contributed by atoms with E-state index in [1.165, 1.54) is 57.8 Å². The highest BCUT2D eigenvalue weighted by molar-refractivity contribution is 6.70. The Morgan fingerprint density at radius 1 is 0.679 bits per heavy atom. The molecule has 4 aliphatic carbocycles. The molecule has 4 rings (SSSR count). The van der Waals surface area contributed by atoms with Gasteiger partial charge in [-0.1, -0.05) is 6.92 Å². The van der Waals surface area contributed by atoms with Crippen LogP contribution < -0.4 is 0 Å². The highest BCUT2D eigenvalue weighted by Crippen LogP contribution is 2.63. The first-order chi connectivity index (χ1) is 13.0. The van der Waals surface area contributed by atoms with E-state index in [0.717, 1.165) is 29.6 Å². The second-order valence-corrected chi connectivity index (χ2v) is 21.9. The summed E-state index contributed by atoms with van der Waals surface area (Å²) < 4.78 is 13.3. The Morgan fingerprint density at radius 3 is 2.04 bits per heavy atom. The van der Waals surface area contributed by atoms with Crippen LogP contribution in [0, 0.1) is 35.0 Å². The smallest absolute Gasteiger partial charge is 0.184 e. The lowest BCUT2D eigenvalue weighted by Gasteiger charge is -2.56.